The molecular weight excluding hydrogens is 238 g/mol. The first-order valence-corrected chi connectivity index (χ1v) is 7.88. The van der Waals surface area contributed by atoms with Crippen LogP contribution in [0.25, 0.3) is 0 Å². The lowest BCUT2D eigenvalue weighted by molar-refractivity contribution is 0.289. The third-order valence-electron chi connectivity index (χ3n) is 3.66. The molecule has 2 rings (SSSR count). The van der Waals surface area contributed by atoms with Gasteiger partial charge in [0.05, 0.1) is 5.25 Å². The molecule has 17 heavy (non-hydrogen) atoms. The van der Waals surface area contributed by atoms with Crippen molar-refractivity contribution >= 4 is 10.0 Å². The second kappa shape index (κ2) is 5.22. The van der Waals surface area contributed by atoms with Gasteiger partial charge in [-0.3, -0.25) is 0 Å². The molecule has 2 saturated heterocycles. The molecule has 0 bridgehead atoms. The summed E-state index contributed by atoms with van der Waals surface area (Å²) in [4.78, 5) is 2.07. The summed E-state index contributed by atoms with van der Waals surface area (Å²) in [5.41, 5.74) is 0. The molecule has 5 nitrogen and oxygen atoms in total. The Hall–Kier alpha value is -0.170. The molecule has 2 aliphatic rings. The van der Waals surface area contributed by atoms with Gasteiger partial charge in [-0.2, -0.15) is 4.31 Å². The molecular formula is C11H23N3O2S. The van der Waals surface area contributed by atoms with E-state index < -0.39 is 10.0 Å². The van der Waals surface area contributed by atoms with Crippen LogP contribution in [-0.4, -0.2) is 69.2 Å². The molecule has 6 heteroatoms. The maximum Gasteiger partial charge on any atom is 0.218 e. The number of likely N-dealkylation sites (N-methyl/N-ethyl adjacent to an activating group) is 1. The monoisotopic (exact) mass is 261 g/mol. The van der Waals surface area contributed by atoms with Gasteiger partial charge in [-0.05, 0) is 39.9 Å². The van der Waals surface area contributed by atoms with Crippen LogP contribution in [0.5, 0.6) is 0 Å². The fourth-order valence-electron chi connectivity index (χ4n) is 2.82. The van der Waals surface area contributed by atoms with Gasteiger partial charge in [-0.25, -0.2) is 8.42 Å². The predicted octanol–water partition coefficient (Wildman–Crippen LogP) is -0.296. The molecule has 0 saturated carbocycles. The molecule has 1 N–H and O–H groups in total. The largest absolute Gasteiger partial charge is 0.315 e. The van der Waals surface area contributed by atoms with Crippen LogP contribution in [0.3, 0.4) is 0 Å². The average Bonchev–Trinajstić information content (AvgIpc) is 2.85. The Morgan fingerprint density at radius 2 is 2.12 bits per heavy atom. The van der Waals surface area contributed by atoms with E-state index in [1.165, 1.54) is 0 Å². The normalized spacial score (nSPS) is 31.5. The van der Waals surface area contributed by atoms with E-state index in [0.29, 0.717) is 13.1 Å². The smallest absolute Gasteiger partial charge is 0.218 e. The van der Waals surface area contributed by atoms with E-state index in [9.17, 15) is 8.42 Å². The van der Waals surface area contributed by atoms with Crippen molar-refractivity contribution in [1.82, 2.24) is 14.5 Å². The van der Waals surface area contributed by atoms with Crippen LogP contribution in [0.1, 0.15) is 19.3 Å². The molecule has 0 amide bonds. The molecule has 2 fully saturated rings. The highest BCUT2D eigenvalue weighted by Crippen LogP contribution is 2.25. The van der Waals surface area contributed by atoms with Crippen LogP contribution in [-0.2, 0) is 10.0 Å². The lowest BCUT2D eigenvalue weighted by atomic mass is 10.2. The summed E-state index contributed by atoms with van der Waals surface area (Å²) in [6.07, 6.45) is 2.75. The van der Waals surface area contributed by atoms with Gasteiger partial charge in [0.15, 0.2) is 0 Å². The highest BCUT2D eigenvalue weighted by atomic mass is 32.2. The quantitative estimate of drug-likeness (QED) is 0.755. The van der Waals surface area contributed by atoms with Crippen molar-refractivity contribution in [3.63, 3.8) is 0 Å². The Morgan fingerprint density at radius 3 is 2.71 bits per heavy atom. The molecule has 2 unspecified atom stereocenters. The van der Waals surface area contributed by atoms with Crippen molar-refractivity contribution in [2.75, 3.05) is 40.3 Å². The molecule has 2 heterocycles. The zero-order chi connectivity index (χ0) is 12.5. The highest BCUT2D eigenvalue weighted by molar-refractivity contribution is 7.89. The number of nitrogens with one attached hydrogen (secondary N) is 1. The summed E-state index contributed by atoms with van der Waals surface area (Å²) in [5, 5.41) is 2.94. The van der Waals surface area contributed by atoms with Gasteiger partial charge in [-0.15, -0.1) is 0 Å². The van der Waals surface area contributed by atoms with Gasteiger partial charge < -0.3 is 10.2 Å². The van der Waals surface area contributed by atoms with Gasteiger partial charge >= 0.3 is 0 Å². The molecule has 0 aromatic carbocycles. The SMILES string of the molecule is CN(C)CC1CCCN1S(=O)(=O)C1CCNC1. The molecule has 0 aliphatic carbocycles. The van der Waals surface area contributed by atoms with Gasteiger partial charge in [0, 0.05) is 25.7 Å². The summed E-state index contributed by atoms with van der Waals surface area (Å²) >= 11 is 0. The Morgan fingerprint density at radius 1 is 1.35 bits per heavy atom. The van der Waals surface area contributed by atoms with Gasteiger partial charge in [0.1, 0.15) is 0 Å². The Kier molecular flexibility index (Phi) is 4.07. The first-order valence-electron chi connectivity index (χ1n) is 6.38. The van der Waals surface area contributed by atoms with E-state index in [1.807, 2.05) is 14.1 Å². The molecule has 0 aromatic heterocycles. The Bertz CT molecular complexity index is 350. The Balaban J connectivity index is 2.09. The number of nitrogens with zero attached hydrogens (tertiary/aromatic N) is 2. The first kappa shape index (κ1) is 13.3. The topological polar surface area (TPSA) is 52.7 Å². The van der Waals surface area contributed by atoms with E-state index in [4.69, 9.17) is 0 Å². The molecule has 100 valence electrons. The molecule has 0 spiro atoms. The third kappa shape index (κ3) is 2.81. The highest BCUT2D eigenvalue weighted by Gasteiger charge is 2.40. The summed E-state index contributed by atoms with van der Waals surface area (Å²) in [7, 11) is 0.911. The molecule has 0 radical (unpaired) electrons. The van der Waals surface area contributed by atoms with Crippen LogP contribution < -0.4 is 5.32 Å². The van der Waals surface area contributed by atoms with Crippen LogP contribution in [0.15, 0.2) is 0 Å². The fourth-order valence-corrected chi connectivity index (χ4v) is 4.92. The van der Waals surface area contributed by atoms with E-state index in [1.54, 1.807) is 4.31 Å². The van der Waals surface area contributed by atoms with E-state index in [0.717, 1.165) is 32.4 Å². The van der Waals surface area contributed by atoms with E-state index in [-0.39, 0.29) is 11.3 Å². The Labute approximate surface area is 104 Å². The number of sulfonamides is 1. The van der Waals surface area contributed by atoms with Crippen molar-refractivity contribution in [3.05, 3.63) is 0 Å². The second-order valence-corrected chi connectivity index (χ2v) is 7.49. The average molecular weight is 261 g/mol. The van der Waals surface area contributed by atoms with Crippen molar-refractivity contribution < 1.29 is 8.42 Å². The maximum absolute atomic E-state index is 12.5. The molecule has 2 aliphatic heterocycles. The predicted molar refractivity (Wildman–Crippen MR) is 68.5 cm³/mol. The van der Waals surface area contributed by atoms with Crippen molar-refractivity contribution in [2.24, 2.45) is 0 Å². The van der Waals surface area contributed by atoms with Crippen molar-refractivity contribution in [2.45, 2.75) is 30.6 Å². The zero-order valence-electron chi connectivity index (χ0n) is 10.7. The van der Waals surface area contributed by atoms with Crippen LogP contribution >= 0.6 is 0 Å². The number of rotatable bonds is 4. The standard InChI is InChI=1S/C11H23N3O2S/c1-13(2)9-10-4-3-7-14(10)17(15,16)11-5-6-12-8-11/h10-12H,3-9H2,1-2H3. The number of hydrogen-bond acceptors (Lipinski definition) is 4. The van der Waals surface area contributed by atoms with Crippen molar-refractivity contribution in [1.29, 1.82) is 0 Å². The van der Waals surface area contributed by atoms with Crippen LogP contribution in [0.4, 0.5) is 0 Å². The maximum atomic E-state index is 12.5. The summed E-state index contributed by atoms with van der Waals surface area (Å²) in [6.45, 7) is 2.99. The number of hydrogen-bond donors (Lipinski definition) is 1. The first-order chi connectivity index (χ1) is 8.01. The third-order valence-corrected chi connectivity index (χ3v) is 6.04. The zero-order valence-corrected chi connectivity index (χ0v) is 11.5. The van der Waals surface area contributed by atoms with Crippen LogP contribution in [0.2, 0.25) is 0 Å². The van der Waals surface area contributed by atoms with E-state index >= 15 is 0 Å². The van der Waals surface area contributed by atoms with Crippen LogP contribution in [0, 0.1) is 0 Å². The lowest BCUT2D eigenvalue weighted by Crippen LogP contribution is -2.45. The second-order valence-electron chi connectivity index (χ2n) is 5.33. The molecule has 0 aromatic rings. The lowest BCUT2D eigenvalue weighted by Gasteiger charge is -2.28. The summed E-state index contributed by atoms with van der Waals surface area (Å²) in [5.74, 6) is 0. The molecule has 2 atom stereocenters. The summed E-state index contributed by atoms with van der Waals surface area (Å²) < 4.78 is 26.7. The van der Waals surface area contributed by atoms with E-state index in [2.05, 4.69) is 10.2 Å². The van der Waals surface area contributed by atoms with Gasteiger partial charge in [0.25, 0.3) is 0 Å². The summed E-state index contributed by atoms with van der Waals surface area (Å²) in [6, 6.07) is 0.176. The van der Waals surface area contributed by atoms with Gasteiger partial charge in [0.2, 0.25) is 10.0 Å². The minimum atomic E-state index is -3.09. The van der Waals surface area contributed by atoms with Gasteiger partial charge in [-0.1, -0.05) is 0 Å². The van der Waals surface area contributed by atoms with Crippen molar-refractivity contribution in [3.8, 4) is 0 Å². The minimum Gasteiger partial charge on any atom is -0.315 e. The fraction of sp³-hybridized carbons (Fsp3) is 1.00. The minimum absolute atomic E-state index is 0.176.